The van der Waals surface area contributed by atoms with E-state index < -0.39 is 0 Å². The molecule has 0 amide bonds. The van der Waals surface area contributed by atoms with Crippen molar-refractivity contribution in [3.05, 3.63) is 46.3 Å². The van der Waals surface area contributed by atoms with Crippen LogP contribution in [0, 0.1) is 27.7 Å². The first kappa shape index (κ1) is 21.2. The maximum atomic E-state index is 12.6. The molecule has 0 aliphatic rings. The number of aryl methyl sites for hydroxylation is 3. The van der Waals surface area contributed by atoms with E-state index in [1.54, 1.807) is 0 Å². The lowest BCUT2D eigenvalue weighted by Gasteiger charge is -2.09. The summed E-state index contributed by atoms with van der Waals surface area (Å²) in [6.45, 7) is 10.3. The van der Waals surface area contributed by atoms with Crippen LogP contribution in [0.25, 0.3) is 0 Å². The third-order valence-corrected chi connectivity index (χ3v) is 5.02. The van der Waals surface area contributed by atoms with Gasteiger partial charge in [0, 0.05) is 5.69 Å². The fourth-order valence-corrected chi connectivity index (χ4v) is 3.58. The van der Waals surface area contributed by atoms with Crippen LogP contribution < -0.4 is 4.74 Å². The molecule has 0 saturated heterocycles. The van der Waals surface area contributed by atoms with E-state index in [1.807, 2.05) is 39.8 Å². The molecule has 148 valence electrons. The normalized spacial score (nSPS) is 11.0. The average Bonchev–Trinajstić information content (AvgIpc) is 2.89. The molecule has 4 heteroatoms. The molecule has 1 aromatic carbocycles. The summed E-state index contributed by atoms with van der Waals surface area (Å²) in [5.74, 6) is 0.610. The quantitative estimate of drug-likeness (QED) is 0.501. The lowest BCUT2D eigenvalue weighted by Crippen LogP contribution is -2.21. The fourth-order valence-electron chi connectivity index (χ4n) is 3.58. The Kier molecular flexibility index (Phi) is 8.08. The minimum absolute atomic E-state index is 0.00130. The van der Waals surface area contributed by atoms with Crippen molar-refractivity contribution in [1.29, 1.82) is 0 Å². The van der Waals surface area contributed by atoms with Gasteiger partial charge in [-0.1, -0.05) is 45.1 Å². The zero-order chi connectivity index (χ0) is 19.8. The van der Waals surface area contributed by atoms with Gasteiger partial charge in [-0.3, -0.25) is 4.79 Å². The summed E-state index contributed by atoms with van der Waals surface area (Å²) in [7, 11) is 0. The first-order valence-corrected chi connectivity index (χ1v) is 10.2. The zero-order valence-corrected chi connectivity index (χ0v) is 17.6. The van der Waals surface area contributed by atoms with E-state index >= 15 is 0 Å². The number of aromatic nitrogens is 2. The van der Waals surface area contributed by atoms with Crippen LogP contribution >= 0.6 is 0 Å². The molecule has 0 N–H and O–H groups in total. The zero-order valence-electron chi connectivity index (χ0n) is 17.6. The summed E-state index contributed by atoms with van der Waals surface area (Å²) in [5.41, 5.74) is 5.38. The predicted octanol–water partition coefficient (Wildman–Crippen LogP) is 5.74. The van der Waals surface area contributed by atoms with E-state index in [4.69, 9.17) is 4.74 Å². The Balaban J connectivity index is 1.92. The number of nitrogens with zero attached hydrogens (tertiary/aromatic N) is 2. The minimum Gasteiger partial charge on any atom is -0.484 e. The number of unbranched alkanes of at least 4 members (excludes halogenated alkanes) is 5. The van der Waals surface area contributed by atoms with Gasteiger partial charge in [-0.2, -0.15) is 5.10 Å². The van der Waals surface area contributed by atoms with Gasteiger partial charge in [0.15, 0.2) is 6.61 Å². The molecule has 0 saturated carbocycles. The van der Waals surface area contributed by atoms with Crippen LogP contribution in [0.15, 0.2) is 18.2 Å². The molecule has 2 aromatic rings. The second-order valence-electron chi connectivity index (χ2n) is 7.58. The number of carbonyl (C=O) groups excluding carboxylic acids is 1. The van der Waals surface area contributed by atoms with Crippen molar-refractivity contribution in [2.24, 2.45) is 0 Å². The van der Waals surface area contributed by atoms with Gasteiger partial charge in [-0.25, -0.2) is 4.68 Å². The SMILES string of the molecule is CCCCCCCCc1c(C)nn(C(=O)COc2cc(C)cc(C)c2)c1C. The monoisotopic (exact) mass is 370 g/mol. The summed E-state index contributed by atoms with van der Waals surface area (Å²) < 4.78 is 7.23. The van der Waals surface area contributed by atoms with Crippen molar-refractivity contribution >= 4 is 5.91 Å². The fraction of sp³-hybridized carbons (Fsp3) is 0.565. The van der Waals surface area contributed by atoms with Gasteiger partial charge in [-0.05, 0) is 69.4 Å². The van der Waals surface area contributed by atoms with Gasteiger partial charge in [0.1, 0.15) is 5.75 Å². The van der Waals surface area contributed by atoms with E-state index in [-0.39, 0.29) is 12.5 Å². The Morgan fingerprint density at radius 1 is 0.963 bits per heavy atom. The molecular formula is C23H34N2O2. The number of hydrogen-bond donors (Lipinski definition) is 0. The van der Waals surface area contributed by atoms with E-state index in [9.17, 15) is 4.79 Å². The first-order valence-electron chi connectivity index (χ1n) is 10.2. The highest BCUT2D eigenvalue weighted by molar-refractivity contribution is 5.80. The molecule has 2 rings (SSSR count). The third kappa shape index (κ3) is 6.23. The molecule has 0 aliphatic carbocycles. The van der Waals surface area contributed by atoms with Crippen LogP contribution in [-0.4, -0.2) is 22.3 Å². The molecule has 0 unspecified atom stereocenters. The number of rotatable bonds is 10. The average molecular weight is 371 g/mol. The third-order valence-electron chi connectivity index (χ3n) is 5.02. The van der Waals surface area contributed by atoms with E-state index in [1.165, 1.54) is 42.3 Å². The molecule has 0 aliphatic heterocycles. The van der Waals surface area contributed by atoms with Crippen LogP contribution in [-0.2, 0) is 6.42 Å². The van der Waals surface area contributed by atoms with E-state index in [0.717, 1.165) is 41.1 Å². The van der Waals surface area contributed by atoms with E-state index in [2.05, 4.69) is 18.1 Å². The Morgan fingerprint density at radius 2 is 1.59 bits per heavy atom. The highest BCUT2D eigenvalue weighted by Gasteiger charge is 2.16. The number of carbonyl (C=O) groups is 1. The van der Waals surface area contributed by atoms with Crippen molar-refractivity contribution < 1.29 is 9.53 Å². The van der Waals surface area contributed by atoms with Gasteiger partial charge in [0.25, 0.3) is 5.91 Å². The lowest BCUT2D eigenvalue weighted by molar-refractivity contribution is 0.0818. The maximum absolute atomic E-state index is 12.6. The van der Waals surface area contributed by atoms with Crippen LogP contribution in [0.4, 0.5) is 0 Å². The van der Waals surface area contributed by atoms with Gasteiger partial charge < -0.3 is 4.74 Å². The van der Waals surface area contributed by atoms with Crippen molar-refractivity contribution in [2.75, 3.05) is 6.61 Å². The number of benzene rings is 1. The molecular weight excluding hydrogens is 336 g/mol. The smallest absolute Gasteiger partial charge is 0.284 e. The second-order valence-corrected chi connectivity index (χ2v) is 7.58. The Hall–Kier alpha value is -2.10. The summed E-state index contributed by atoms with van der Waals surface area (Å²) >= 11 is 0. The van der Waals surface area contributed by atoms with Crippen molar-refractivity contribution in [3.63, 3.8) is 0 Å². The highest BCUT2D eigenvalue weighted by Crippen LogP contribution is 2.19. The minimum atomic E-state index is -0.121. The van der Waals surface area contributed by atoms with Crippen LogP contribution in [0.2, 0.25) is 0 Å². The van der Waals surface area contributed by atoms with Crippen LogP contribution in [0.3, 0.4) is 0 Å². The topological polar surface area (TPSA) is 44.1 Å². The molecule has 1 heterocycles. The molecule has 0 radical (unpaired) electrons. The van der Waals surface area contributed by atoms with E-state index in [0.29, 0.717) is 0 Å². The molecule has 0 atom stereocenters. The Labute approximate surface area is 163 Å². The molecule has 0 fully saturated rings. The molecule has 27 heavy (non-hydrogen) atoms. The molecule has 4 nitrogen and oxygen atoms in total. The van der Waals surface area contributed by atoms with Crippen molar-refractivity contribution in [3.8, 4) is 5.75 Å². The molecule has 0 bridgehead atoms. The van der Waals surface area contributed by atoms with Gasteiger partial charge in [-0.15, -0.1) is 0 Å². The highest BCUT2D eigenvalue weighted by atomic mass is 16.5. The lowest BCUT2D eigenvalue weighted by atomic mass is 10.0. The Bertz CT molecular complexity index is 742. The van der Waals surface area contributed by atoms with Crippen LogP contribution in [0.1, 0.15) is 78.3 Å². The largest absolute Gasteiger partial charge is 0.484 e. The summed E-state index contributed by atoms with van der Waals surface area (Å²) in [6, 6.07) is 5.99. The predicted molar refractivity (Wildman–Crippen MR) is 111 cm³/mol. The van der Waals surface area contributed by atoms with Gasteiger partial charge in [0.2, 0.25) is 0 Å². The summed E-state index contributed by atoms with van der Waals surface area (Å²) in [5, 5.41) is 4.47. The van der Waals surface area contributed by atoms with Crippen LogP contribution in [0.5, 0.6) is 5.75 Å². The first-order chi connectivity index (χ1) is 12.9. The number of hydrogen-bond acceptors (Lipinski definition) is 3. The maximum Gasteiger partial charge on any atom is 0.284 e. The molecule has 1 aromatic heterocycles. The van der Waals surface area contributed by atoms with Crippen molar-refractivity contribution in [2.45, 2.75) is 79.6 Å². The summed E-state index contributed by atoms with van der Waals surface area (Å²) in [4.78, 5) is 12.6. The standard InChI is InChI=1S/C23H34N2O2/c1-6-7-8-9-10-11-12-22-19(4)24-25(20(22)5)23(26)16-27-21-14-17(2)13-18(3)15-21/h13-15H,6-12,16H2,1-5H3. The Morgan fingerprint density at radius 3 is 2.26 bits per heavy atom. The van der Waals surface area contributed by atoms with Gasteiger partial charge >= 0.3 is 0 Å². The number of ether oxygens (including phenoxy) is 1. The van der Waals surface area contributed by atoms with Gasteiger partial charge in [0.05, 0.1) is 5.69 Å². The summed E-state index contributed by atoms with van der Waals surface area (Å²) in [6.07, 6.45) is 8.61. The molecule has 0 spiro atoms. The second kappa shape index (κ2) is 10.3. The van der Waals surface area contributed by atoms with Crippen molar-refractivity contribution in [1.82, 2.24) is 9.78 Å².